The molecule has 1 fully saturated rings. The van der Waals surface area contributed by atoms with Gasteiger partial charge in [0.2, 0.25) is 0 Å². The topological polar surface area (TPSA) is 69.3 Å². The number of carbonyl (C=O) groups excluding carboxylic acids is 1. The van der Waals surface area contributed by atoms with E-state index in [1.807, 2.05) is 12.1 Å². The van der Waals surface area contributed by atoms with E-state index >= 15 is 0 Å². The molecule has 1 aliphatic rings. The molecule has 0 atom stereocenters. The molecule has 0 unspecified atom stereocenters. The molecule has 1 N–H and O–H groups in total. The van der Waals surface area contributed by atoms with Crippen LogP contribution in [0.25, 0.3) is 0 Å². The minimum absolute atomic E-state index is 0. The standard InChI is InChI=1S/C19H30N2O5.ClH/c1-2-3-11-23-15-16-26-19(22)20-17-4-6-18(7-5-17)25-14-10-21-8-12-24-13-9-21;/h4-7H,2-3,8-16H2,1H3,(H,20,22);1H. The van der Waals surface area contributed by atoms with Crippen LogP contribution >= 0.6 is 12.4 Å². The number of nitrogens with zero attached hydrogens (tertiary/aromatic N) is 1. The van der Waals surface area contributed by atoms with Crippen molar-refractivity contribution in [3.63, 3.8) is 0 Å². The van der Waals surface area contributed by atoms with Gasteiger partial charge in [-0.15, -0.1) is 12.4 Å². The summed E-state index contributed by atoms with van der Waals surface area (Å²) in [7, 11) is 0. The van der Waals surface area contributed by atoms with Crippen LogP contribution in [0.5, 0.6) is 5.75 Å². The van der Waals surface area contributed by atoms with Gasteiger partial charge < -0.3 is 18.9 Å². The molecule has 1 aromatic rings. The van der Waals surface area contributed by atoms with E-state index in [0.29, 0.717) is 25.5 Å². The second-order valence-electron chi connectivity index (χ2n) is 6.05. The van der Waals surface area contributed by atoms with Crippen LogP contribution in [-0.4, -0.2) is 70.3 Å². The average molecular weight is 403 g/mol. The summed E-state index contributed by atoms with van der Waals surface area (Å²) in [6.07, 6.45) is 1.63. The molecule has 1 aromatic carbocycles. The van der Waals surface area contributed by atoms with Crippen LogP contribution in [0, 0.1) is 0 Å². The number of rotatable bonds is 11. The maximum absolute atomic E-state index is 11.7. The van der Waals surface area contributed by atoms with E-state index in [-0.39, 0.29) is 19.0 Å². The third-order valence-electron chi connectivity index (χ3n) is 3.98. The molecule has 154 valence electrons. The van der Waals surface area contributed by atoms with Crippen molar-refractivity contribution < 1.29 is 23.7 Å². The highest BCUT2D eigenvalue weighted by molar-refractivity contribution is 5.85. The molecule has 7 nitrogen and oxygen atoms in total. The van der Waals surface area contributed by atoms with Crippen molar-refractivity contribution >= 4 is 24.2 Å². The highest BCUT2D eigenvalue weighted by atomic mass is 35.5. The first-order chi connectivity index (χ1) is 12.8. The van der Waals surface area contributed by atoms with Gasteiger partial charge in [-0.3, -0.25) is 10.2 Å². The molecule has 0 spiro atoms. The number of ether oxygens (including phenoxy) is 4. The van der Waals surface area contributed by atoms with Crippen molar-refractivity contribution in [3.8, 4) is 5.75 Å². The fourth-order valence-corrected chi connectivity index (χ4v) is 2.45. The van der Waals surface area contributed by atoms with Gasteiger partial charge in [0.1, 0.15) is 19.0 Å². The Hall–Kier alpha value is -1.54. The fourth-order valence-electron chi connectivity index (χ4n) is 2.45. The van der Waals surface area contributed by atoms with Crippen LogP contribution in [0.15, 0.2) is 24.3 Å². The van der Waals surface area contributed by atoms with E-state index in [1.165, 1.54) is 0 Å². The molecule has 1 heterocycles. The van der Waals surface area contributed by atoms with Gasteiger partial charge in [0, 0.05) is 31.9 Å². The Bertz CT molecular complexity index is 509. The Balaban J connectivity index is 0.00000364. The highest BCUT2D eigenvalue weighted by Crippen LogP contribution is 2.16. The van der Waals surface area contributed by atoms with Gasteiger partial charge in [-0.1, -0.05) is 13.3 Å². The van der Waals surface area contributed by atoms with Gasteiger partial charge in [-0.2, -0.15) is 0 Å². The maximum atomic E-state index is 11.7. The zero-order valence-corrected chi connectivity index (χ0v) is 16.8. The van der Waals surface area contributed by atoms with Crippen LogP contribution < -0.4 is 10.1 Å². The van der Waals surface area contributed by atoms with Gasteiger partial charge >= 0.3 is 6.09 Å². The molecule has 27 heavy (non-hydrogen) atoms. The molecule has 0 saturated carbocycles. The molecule has 0 bridgehead atoms. The second-order valence-corrected chi connectivity index (χ2v) is 6.05. The lowest BCUT2D eigenvalue weighted by molar-refractivity contribution is 0.0322. The second kappa shape index (κ2) is 14.5. The summed E-state index contributed by atoms with van der Waals surface area (Å²) in [5.41, 5.74) is 0.669. The van der Waals surface area contributed by atoms with Crippen molar-refractivity contribution in [3.05, 3.63) is 24.3 Å². The lowest BCUT2D eigenvalue weighted by atomic mass is 10.3. The molecule has 8 heteroatoms. The molecule has 1 saturated heterocycles. The van der Waals surface area contributed by atoms with E-state index < -0.39 is 6.09 Å². The molecule has 0 aliphatic carbocycles. The average Bonchev–Trinajstić information content (AvgIpc) is 2.67. The molecule has 1 amide bonds. The van der Waals surface area contributed by atoms with E-state index in [9.17, 15) is 4.79 Å². The molecule has 1 aliphatic heterocycles. The number of amides is 1. The van der Waals surface area contributed by atoms with Crippen molar-refractivity contribution in [2.75, 3.05) is 64.6 Å². The van der Waals surface area contributed by atoms with Crippen LogP contribution in [0.4, 0.5) is 10.5 Å². The summed E-state index contributed by atoms with van der Waals surface area (Å²) in [6.45, 7) is 8.49. The van der Waals surface area contributed by atoms with E-state index in [0.717, 1.165) is 51.4 Å². The first-order valence-electron chi connectivity index (χ1n) is 9.32. The molecule has 2 rings (SSSR count). The Kier molecular flexibility index (Phi) is 12.6. The van der Waals surface area contributed by atoms with E-state index in [1.54, 1.807) is 12.1 Å². The zero-order valence-electron chi connectivity index (χ0n) is 16.0. The fraction of sp³-hybridized carbons (Fsp3) is 0.632. The van der Waals surface area contributed by atoms with E-state index in [4.69, 9.17) is 18.9 Å². The number of unbranched alkanes of at least 4 members (excludes halogenated alkanes) is 1. The Labute approximate surface area is 167 Å². The lowest BCUT2D eigenvalue weighted by Crippen LogP contribution is -2.38. The minimum atomic E-state index is -0.481. The molecular formula is C19H31ClN2O5. The summed E-state index contributed by atoms with van der Waals surface area (Å²) in [6, 6.07) is 7.26. The van der Waals surface area contributed by atoms with Crippen LogP contribution in [0.1, 0.15) is 19.8 Å². The van der Waals surface area contributed by atoms with Crippen molar-refractivity contribution in [2.45, 2.75) is 19.8 Å². The molecule has 0 radical (unpaired) electrons. The van der Waals surface area contributed by atoms with Crippen molar-refractivity contribution in [1.82, 2.24) is 4.90 Å². The van der Waals surface area contributed by atoms with Crippen molar-refractivity contribution in [1.29, 1.82) is 0 Å². The number of hydrogen-bond donors (Lipinski definition) is 1. The van der Waals surface area contributed by atoms with Crippen LogP contribution in [0.2, 0.25) is 0 Å². The first-order valence-corrected chi connectivity index (χ1v) is 9.32. The van der Waals surface area contributed by atoms with Crippen molar-refractivity contribution in [2.24, 2.45) is 0 Å². The normalized spacial score (nSPS) is 14.3. The summed E-state index contributed by atoms with van der Waals surface area (Å²) in [4.78, 5) is 14.0. The number of halogens is 1. The smallest absolute Gasteiger partial charge is 0.411 e. The number of hydrogen-bond acceptors (Lipinski definition) is 6. The molecule has 0 aromatic heterocycles. The maximum Gasteiger partial charge on any atom is 0.411 e. The monoisotopic (exact) mass is 402 g/mol. The van der Waals surface area contributed by atoms with Crippen LogP contribution in [-0.2, 0) is 14.2 Å². The van der Waals surface area contributed by atoms with E-state index in [2.05, 4.69) is 17.1 Å². The van der Waals surface area contributed by atoms with Crippen LogP contribution in [0.3, 0.4) is 0 Å². The third kappa shape index (κ3) is 10.4. The Morgan fingerprint density at radius 3 is 2.56 bits per heavy atom. The van der Waals surface area contributed by atoms with Gasteiger partial charge in [0.25, 0.3) is 0 Å². The third-order valence-corrected chi connectivity index (χ3v) is 3.98. The van der Waals surface area contributed by atoms with Gasteiger partial charge in [0.05, 0.1) is 19.8 Å². The Morgan fingerprint density at radius 2 is 1.85 bits per heavy atom. The Morgan fingerprint density at radius 1 is 1.11 bits per heavy atom. The highest BCUT2D eigenvalue weighted by Gasteiger charge is 2.09. The first kappa shape index (κ1) is 23.5. The number of nitrogens with one attached hydrogen (secondary N) is 1. The number of anilines is 1. The largest absolute Gasteiger partial charge is 0.492 e. The van der Waals surface area contributed by atoms with Gasteiger partial charge in [0.15, 0.2) is 0 Å². The van der Waals surface area contributed by atoms with Gasteiger partial charge in [-0.05, 0) is 30.7 Å². The summed E-state index contributed by atoms with van der Waals surface area (Å²) >= 11 is 0. The number of benzene rings is 1. The molecular weight excluding hydrogens is 372 g/mol. The predicted octanol–water partition coefficient (Wildman–Crippen LogP) is 3.18. The predicted molar refractivity (Wildman–Crippen MR) is 107 cm³/mol. The zero-order chi connectivity index (χ0) is 18.5. The number of carbonyl (C=O) groups is 1. The summed E-state index contributed by atoms with van der Waals surface area (Å²) in [5, 5.41) is 2.68. The lowest BCUT2D eigenvalue weighted by Gasteiger charge is -2.26. The number of morpholine rings is 1. The van der Waals surface area contributed by atoms with Gasteiger partial charge in [-0.25, -0.2) is 4.79 Å². The summed E-state index contributed by atoms with van der Waals surface area (Å²) < 4.78 is 21.5. The SMILES string of the molecule is CCCCOCCOC(=O)Nc1ccc(OCCN2CCOCC2)cc1.Cl. The minimum Gasteiger partial charge on any atom is -0.492 e. The summed E-state index contributed by atoms with van der Waals surface area (Å²) in [5.74, 6) is 0.779. The quantitative estimate of drug-likeness (QED) is 0.573.